The molecule has 0 saturated heterocycles. The van der Waals surface area contributed by atoms with E-state index in [1.165, 1.54) is 7.11 Å². The number of allylic oxidation sites excluding steroid dienone is 3. The number of phenols is 1. The highest BCUT2D eigenvalue weighted by atomic mass is 16.7. The molecule has 8 heteroatoms. The first kappa shape index (κ1) is 21.7. The number of hydrazine groups is 1. The van der Waals surface area contributed by atoms with Gasteiger partial charge in [0.1, 0.15) is 5.75 Å². The van der Waals surface area contributed by atoms with E-state index in [0.717, 1.165) is 16.8 Å². The summed E-state index contributed by atoms with van der Waals surface area (Å²) in [5, 5.41) is 10.5. The molecule has 0 amide bonds. The molecule has 32 heavy (non-hydrogen) atoms. The minimum atomic E-state index is -0.344. The molecule has 0 bridgehead atoms. The number of hydrogen-bond donors (Lipinski definition) is 3. The van der Waals surface area contributed by atoms with E-state index < -0.39 is 0 Å². The number of nitrogens with one attached hydrogen (secondary N) is 2. The third-order valence-corrected chi connectivity index (χ3v) is 5.52. The van der Waals surface area contributed by atoms with Crippen molar-refractivity contribution in [2.24, 2.45) is 0 Å². The third kappa shape index (κ3) is 4.13. The van der Waals surface area contributed by atoms with E-state index in [0.29, 0.717) is 35.2 Å². The maximum atomic E-state index is 10.5. The fraction of sp³-hybridized carbons (Fsp3) is 0.333. The molecule has 170 valence electrons. The molecule has 3 N–H and O–H groups in total. The number of ether oxygens (including phenoxy) is 5. The summed E-state index contributed by atoms with van der Waals surface area (Å²) in [7, 11) is 3.04. The van der Waals surface area contributed by atoms with Crippen LogP contribution in [0.25, 0.3) is 0 Å². The third-order valence-electron chi connectivity index (χ3n) is 5.52. The molecule has 2 aromatic carbocycles. The maximum Gasteiger partial charge on any atom is 0.231 e. The van der Waals surface area contributed by atoms with Crippen LogP contribution in [0.1, 0.15) is 37.3 Å². The Morgan fingerprint density at radius 2 is 1.84 bits per heavy atom. The van der Waals surface area contributed by atoms with Crippen molar-refractivity contribution in [3.05, 3.63) is 59.3 Å². The Hall–Kier alpha value is -3.52. The number of benzene rings is 2. The maximum absolute atomic E-state index is 10.5. The molecule has 2 unspecified atom stereocenters. The normalized spacial score (nSPS) is 19.4. The Labute approximate surface area is 187 Å². The molecule has 2 aliphatic rings. The summed E-state index contributed by atoms with van der Waals surface area (Å²) < 4.78 is 28.1. The van der Waals surface area contributed by atoms with Gasteiger partial charge in [-0.15, -0.1) is 0 Å². The highest BCUT2D eigenvalue weighted by Crippen LogP contribution is 2.49. The Morgan fingerprint density at radius 1 is 1.06 bits per heavy atom. The van der Waals surface area contributed by atoms with Crippen LogP contribution in [-0.4, -0.2) is 32.3 Å². The first-order valence-corrected chi connectivity index (χ1v) is 10.4. The molecule has 0 fully saturated rings. The molecular weight excluding hydrogens is 412 g/mol. The Bertz CT molecular complexity index is 1050. The summed E-state index contributed by atoms with van der Waals surface area (Å²) in [6, 6.07) is 7.37. The molecule has 2 aromatic rings. The zero-order valence-corrected chi connectivity index (χ0v) is 18.6. The average Bonchev–Trinajstić information content (AvgIpc) is 3.26. The standard InChI is InChI=1S/C24H28N2O6/c1-5-7-15(6-2)25-26-23-11-16(14-8-18(27)24(29-4)22(9-14)28-3)17-10-20-21(31-13-30-20)12-19(17)32-23/h5-10,12,16,23,25-27H,11,13H2,1-4H3/b7-5-,15-6+. The molecule has 2 heterocycles. The summed E-state index contributed by atoms with van der Waals surface area (Å²) >= 11 is 0. The largest absolute Gasteiger partial charge is 0.504 e. The summed E-state index contributed by atoms with van der Waals surface area (Å²) in [5.41, 5.74) is 9.18. The fourth-order valence-electron chi connectivity index (χ4n) is 3.98. The van der Waals surface area contributed by atoms with Crippen LogP contribution in [0.15, 0.2) is 48.2 Å². The molecular formula is C24H28N2O6. The second-order valence-corrected chi connectivity index (χ2v) is 7.43. The van der Waals surface area contributed by atoms with Gasteiger partial charge in [-0.3, -0.25) is 0 Å². The van der Waals surface area contributed by atoms with Crippen LogP contribution in [-0.2, 0) is 0 Å². The predicted octanol–water partition coefficient (Wildman–Crippen LogP) is 3.95. The van der Waals surface area contributed by atoms with Gasteiger partial charge < -0.3 is 34.2 Å². The van der Waals surface area contributed by atoms with Gasteiger partial charge in [0, 0.05) is 29.7 Å². The van der Waals surface area contributed by atoms with Crippen LogP contribution in [0.5, 0.6) is 34.5 Å². The minimum Gasteiger partial charge on any atom is -0.504 e. The van der Waals surface area contributed by atoms with Crippen molar-refractivity contribution in [1.82, 2.24) is 10.9 Å². The van der Waals surface area contributed by atoms with Gasteiger partial charge in [0.2, 0.25) is 12.5 Å². The van der Waals surface area contributed by atoms with Gasteiger partial charge in [0.25, 0.3) is 0 Å². The lowest BCUT2D eigenvalue weighted by atomic mass is 9.85. The molecule has 0 spiro atoms. The van der Waals surface area contributed by atoms with Crippen LogP contribution in [0.3, 0.4) is 0 Å². The number of rotatable bonds is 7. The molecule has 0 aliphatic carbocycles. The molecule has 0 saturated carbocycles. The molecule has 4 rings (SSSR count). The second kappa shape index (κ2) is 9.32. The van der Waals surface area contributed by atoms with E-state index in [2.05, 4.69) is 10.9 Å². The lowest BCUT2D eigenvalue weighted by molar-refractivity contribution is 0.118. The van der Waals surface area contributed by atoms with Crippen LogP contribution >= 0.6 is 0 Å². The Kier molecular flexibility index (Phi) is 6.32. The smallest absolute Gasteiger partial charge is 0.231 e. The van der Waals surface area contributed by atoms with E-state index in [4.69, 9.17) is 23.7 Å². The fourth-order valence-corrected chi connectivity index (χ4v) is 3.98. The first-order chi connectivity index (χ1) is 15.6. The monoisotopic (exact) mass is 440 g/mol. The van der Waals surface area contributed by atoms with Crippen molar-refractivity contribution in [3.8, 4) is 34.5 Å². The van der Waals surface area contributed by atoms with Crippen molar-refractivity contribution in [1.29, 1.82) is 0 Å². The van der Waals surface area contributed by atoms with Crippen molar-refractivity contribution in [2.75, 3.05) is 21.0 Å². The van der Waals surface area contributed by atoms with E-state index in [1.807, 2.05) is 50.3 Å². The van der Waals surface area contributed by atoms with E-state index in [1.54, 1.807) is 13.2 Å². The van der Waals surface area contributed by atoms with Crippen molar-refractivity contribution in [3.63, 3.8) is 0 Å². The molecule has 8 nitrogen and oxygen atoms in total. The summed E-state index contributed by atoms with van der Waals surface area (Å²) in [4.78, 5) is 0. The number of aromatic hydroxyl groups is 1. The Balaban J connectivity index is 1.71. The van der Waals surface area contributed by atoms with Crippen molar-refractivity contribution in [2.45, 2.75) is 32.4 Å². The highest BCUT2D eigenvalue weighted by molar-refractivity contribution is 5.59. The van der Waals surface area contributed by atoms with Gasteiger partial charge in [0.05, 0.1) is 14.2 Å². The van der Waals surface area contributed by atoms with Gasteiger partial charge >= 0.3 is 0 Å². The highest BCUT2D eigenvalue weighted by Gasteiger charge is 2.33. The number of hydrogen-bond acceptors (Lipinski definition) is 8. The minimum absolute atomic E-state index is 0.0163. The SMILES string of the molecule is C/C=C\C(=C/C)NNC1CC(c2cc(O)c(OC)c(OC)c2)c2cc3c(cc2O1)OCO3. The zero-order valence-electron chi connectivity index (χ0n) is 18.6. The van der Waals surface area contributed by atoms with Gasteiger partial charge in [0.15, 0.2) is 29.2 Å². The van der Waals surface area contributed by atoms with E-state index in [-0.39, 0.29) is 24.7 Å². The van der Waals surface area contributed by atoms with Crippen LogP contribution in [0, 0.1) is 0 Å². The second-order valence-electron chi connectivity index (χ2n) is 7.43. The number of phenolic OH excluding ortho intramolecular Hbond substituents is 1. The van der Waals surface area contributed by atoms with Gasteiger partial charge in [-0.1, -0.05) is 12.2 Å². The molecule has 2 aliphatic heterocycles. The summed E-state index contributed by atoms with van der Waals surface area (Å²) in [6.07, 6.45) is 6.14. The average molecular weight is 440 g/mol. The topological polar surface area (TPSA) is 90.4 Å². The molecule has 0 radical (unpaired) electrons. The lowest BCUT2D eigenvalue weighted by Crippen LogP contribution is -2.46. The van der Waals surface area contributed by atoms with Gasteiger partial charge in [-0.25, -0.2) is 0 Å². The van der Waals surface area contributed by atoms with Crippen molar-refractivity contribution < 1.29 is 28.8 Å². The first-order valence-electron chi connectivity index (χ1n) is 10.4. The van der Waals surface area contributed by atoms with Crippen LogP contribution in [0.2, 0.25) is 0 Å². The van der Waals surface area contributed by atoms with Gasteiger partial charge in [-0.05, 0) is 43.7 Å². The molecule has 0 aromatic heterocycles. The van der Waals surface area contributed by atoms with Crippen molar-refractivity contribution >= 4 is 0 Å². The van der Waals surface area contributed by atoms with E-state index in [9.17, 15) is 5.11 Å². The van der Waals surface area contributed by atoms with Crippen LogP contribution < -0.4 is 34.5 Å². The lowest BCUT2D eigenvalue weighted by Gasteiger charge is -2.33. The number of methoxy groups -OCH3 is 2. The van der Waals surface area contributed by atoms with Crippen LogP contribution in [0.4, 0.5) is 0 Å². The summed E-state index contributed by atoms with van der Waals surface area (Å²) in [5.74, 6) is 2.69. The Morgan fingerprint density at radius 3 is 2.53 bits per heavy atom. The van der Waals surface area contributed by atoms with E-state index >= 15 is 0 Å². The summed E-state index contributed by atoms with van der Waals surface area (Å²) in [6.45, 7) is 4.09. The van der Waals surface area contributed by atoms with Gasteiger partial charge in [-0.2, -0.15) is 5.43 Å². The quantitative estimate of drug-likeness (QED) is 0.440. The number of fused-ring (bicyclic) bond motifs is 2. The predicted molar refractivity (Wildman–Crippen MR) is 119 cm³/mol. The zero-order chi connectivity index (χ0) is 22.7. The molecule has 2 atom stereocenters.